The topological polar surface area (TPSA) is 35.5 Å². The SMILES string of the molecule is COCC(C)(C=O)COC. The van der Waals surface area contributed by atoms with E-state index in [0.29, 0.717) is 13.2 Å². The maximum atomic E-state index is 10.4. The van der Waals surface area contributed by atoms with Crippen LogP contribution in [0.2, 0.25) is 0 Å². The summed E-state index contributed by atoms with van der Waals surface area (Å²) >= 11 is 0. The Morgan fingerprint density at radius 3 is 1.90 bits per heavy atom. The molecular formula is C7H14O3. The van der Waals surface area contributed by atoms with Crippen LogP contribution in [-0.2, 0) is 14.3 Å². The lowest BCUT2D eigenvalue weighted by atomic mass is 9.95. The first-order valence-corrected chi connectivity index (χ1v) is 3.13. The minimum absolute atomic E-state index is 0.407. The molecule has 0 saturated heterocycles. The van der Waals surface area contributed by atoms with Crippen LogP contribution in [0.5, 0.6) is 0 Å². The van der Waals surface area contributed by atoms with Crippen LogP contribution in [0.4, 0.5) is 0 Å². The van der Waals surface area contributed by atoms with Crippen molar-refractivity contribution in [2.75, 3.05) is 27.4 Å². The van der Waals surface area contributed by atoms with Crippen LogP contribution in [0.1, 0.15) is 6.92 Å². The largest absolute Gasteiger partial charge is 0.384 e. The first kappa shape index (κ1) is 9.59. The van der Waals surface area contributed by atoms with Gasteiger partial charge >= 0.3 is 0 Å². The zero-order chi connectivity index (χ0) is 8.04. The van der Waals surface area contributed by atoms with E-state index in [1.807, 2.05) is 0 Å². The molecule has 0 aliphatic rings. The summed E-state index contributed by atoms with van der Waals surface area (Å²) in [6.45, 7) is 2.61. The highest BCUT2D eigenvalue weighted by Crippen LogP contribution is 2.12. The van der Waals surface area contributed by atoms with Gasteiger partial charge in [0.15, 0.2) is 0 Å². The van der Waals surface area contributed by atoms with E-state index < -0.39 is 5.41 Å². The Balaban J connectivity index is 3.81. The van der Waals surface area contributed by atoms with Gasteiger partial charge in [0.05, 0.1) is 18.6 Å². The normalized spacial score (nSPS) is 11.5. The van der Waals surface area contributed by atoms with Crippen LogP contribution < -0.4 is 0 Å². The van der Waals surface area contributed by atoms with Crippen LogP contribution in [0.15, 0.2) is 0 Å². The summed E-state index contributed by atoms with van der Waals surface area (Å²) in [7, 11) is 3.13. The van der Waals surface area contributed by atoms with Crippen molar-refractivity contribution in [3.05, 3.63) is 0 Å². The summed E-state index contributed by atoms with van der Waals surface area (Å²) in [4.78, 5) is 10.4. The molecule has 60 valence electrons. The molecule has 0 rings (SSSR count). The molecule has 0 aromatic heterocycles. The van der Waals surface area contributed by atoms with Gasteiger partial charge in [-0.05, 0) is 6.92 Å². The Kier molecular flexibility index (Phi) is 4.23. The maximum absolute atomic E-state index is 10.4. The van der Waals surface area contributed by atoms with Crippen molar-refractivity contribution < 1.29 is 14.3 Å². The van der Waals surface area contributed by atoms with Crippen molar-refractivity contribution >= 4 is 6.29 Å². The van der Waals surface area contributed by atoms with Crippen LogP contribution in [-0.4, -0.2) is 33.7 Å². The Hall–Kier alpha value is -0.410. The van der Waals surface area contributed by atoms with Gasteiger partial charge in [0.2, 0.25) is 0 Å². The smallest absolute Gasteiger partial charge is 0.130 e. The summed E-state index contributed by atoms with van der Waals surface area (Å²) in [5.41, 5.74) is -0.483. The molecule has 0 aromatic rings. The Morgan fingerprint density at radius 1 is 1.30 bits per heavy atom. The molecule has 10 heavy (non-hydrogen) atoms. The minimum atomic E-state index is -0.483. The number of carbonyl (C=O) groups excluding carboxylic acids is 1. The third-order valence-corrected chi connectivity index (χ3v) is 1.23. The van der Waals surface area contributed by atoms with Gasteiger partial charge in [-0.3, -0.25) is 0 Å². The predicted octanol–water partition coefficient (Wildman–Crippen LogP) is 0.484. The number of ether oxygens (including phenoxy) is 2. The highest BCUT2D eigenvalue weighted by Gasteiger charge is 2.22. The van der Waals surface area contributed by atoms with Crippen LogP contribution in [0.3, 0.4) is 0 Å². The summed E-state index contributed by atoms with van der Waals surface area (Å²) in [6, 6.07) is 0. The number of carbonyl (C=O) groups is 1. The van der Waals surface area contributed by atoms with E-state index in [1.165, 1.54) is 0 Å². The van der Waals surface area contributed by atoms with Gasteiger partial charge in [0, 0.05) is 14.2 Å². The van der Waals surface area contributed by atoms with Crippen molar-refractivity contribution in [3.63, 3.8) is 0 Å². The second kappa shape index (κ2) is 4.41. The first-order valence-electron chi connectivity index (χ1n) is 3.13. The highest BCUT2D eigenvalue weighted by atomic mass is 16.5. The maximum Gasteiger partial charge on any atom is 0.130 e. The van der Waals surface area contributed by atoms with Crippen molar-refractivity contribution in [1.29, 1.82) is 0 Å². The molecule has 0 bridgehead atoms. The highest BCUT2D eigenvalue weighted by molar-refractivity contribution is 5.59. The third kappa shape index (κ3) is 2.94. The molecular weight excluding hydrogens is 132 g/mol. The van der Waals surface area contributed by atoms with Gasteiger partial charge in [-0.1, -0.05) is 0 Å². The Bertz CT molecular complexity index is 95.0. The van der Waals surface area contributed by atoms with E-state index in [2.05, 4.69) is 0 Å². The van der Waals surface area contributed by atoms with Crippen molar-refractivity contribution in [2.24, 2.45) is 5.41 Å². The zero-order valence-electron chi connectivity index (χ0n) is 6.72. The van der Waals surface area contributed by atoms with Crippen LogP contribution in [0, 0.1) is 5.41 Å². The van der Waals surface area contributed by atoms with Gasteiger partial charge in [0.25, 0.3) is 0 Å². The monoisotopic (exact) mass is 146 g/mol. The lowest BCUT2D eigenvalue weighted by molar-refractivity contribution is -0.121. The molecule has 0 saturated carbocycles. The number of methoxy groups -OCH3 is 2. The zero-order valence-corrected chi connectivity index (χ0v) is 6.72. The molecule has 0 radical (unpaired) electrons. The molecule has 0 atom stereocenters. The first-order chi connectivity index (χ1) is 4.68. The van der Waals surface area contributed by atoms with E-state index in [9.17, 15) is 4.79 Å². The summed E-state index contributed by atoms with van der Waals surface area (Å²) in [6.07, 6.45) is 0.861. The molecule has 0 spiro atoms. The van der Waals surface area contributed by atoms with E-state index in [1.54, 1.807) is 21.1 Å². The van der Waals surface area contributed by atoms with E-state index in [4.69, 9.17) is 9.47 Å². The Labute approximate surface area is 61.3 Å². The van der Waals surface area contributed by atoms with Gasteiger partial charge in [0.1, 0.15) is 6.29 Å². The van der Waals surface area contributed by atoms with E-state index in [0.717, 1.165) is 6.29 Å². The molecule has 0 amide bonds. The van der Waals surface area contributed by atoms with Crippen molar-refractivity contribution in [3.8, 4) is 0 Å². The molecule has 0 aliphatic heterocycles. The van der Waals surface area contributed by atoms with Gasteiger partial charge in [-0.2, -0.15) is 0 Å². The van der Waals surface area contributed by atoms with Gasteiger partial charge in [-0.15, -0.1) is 0 Å². The molecule has 0 aromatic carbocycles. The lowest BCUT2D eigenvalue weighted by Gasteiger charge is -2.19. The second-order valence-electron chi connectivity index (χ2n) is 2.64. The fourth-order valence-electron chi connectivity index (χ4n) is 0.769. The molecule has 0 aliphatic carbocycles. The van der Waals surface area contributed by atoms with Crippen LogP contribution >= 0.6 is 0 Å². The molecule has 3 heteroatoms. The number of aldehydes is 1. The number of hydrogen-bond acceptors (Lipinski definition) is 3. The average molecular weight is 146 g/mol. The summed E-state index contributed by atoms with van der Waals surface area (Å²) < 4.78 is 9.68. The molecule has 0 unspecified atom stereocenters. The minimum Gasteiger partial charge on any atom is -0.384 e. The summed E-state index contributed by atoms with van der Waals surface area (Å²) in [5, 5.41) is 0. The third-order valence-electron chi connectivity index (χ3n) is 1.23. The van der Waals surface area contributed by atoms with Gasteiger partial charge in [-0.25, -0.2) is 0 Å². The molecule has 3 nitrogen and oxygen atoms in total. The summed E-state index contributed by atoms with van der Waals surface area (Å²) in [5.74, 6) is 0. The Morgan fingerprint density at radius 2 is 1.70 bits per heavy atom. The van der Waals surface area contributed by atoms with E-state index >= 15 is 0 Å². The fourth-order valence-corrected chi connectivity index (χ4v) is 0.769. The van der Waals surface area contributed by atoms with Crippen molar-refractivity contribution in [1.82, 2.24) is 0 Å². The van der Waals surface area contributed by atoms with Crippen molar-refractivity contribution in [2.45, 2.75) is 6.92 Å². The van der Waals surface area contributed by atoms with E-state index in [-0.39, 0.29) is 0 Å². The average Bonchev–Trinajstić information content (AvgIpc) is 1.89. The quantitative estimate of drug-likeness (QED) is 0.529. The lowest BCUT2D eigenvalue weighted by Crippen LogP contribution is -2.29. The number of hydrogen-bond donors (Lipinski definition) is 0. The standard InChI is InChI=1S/C7H14O3/c1-7(4-8,5-9-2)6-10-3/h4H,5-6H2,1-3H3. The fraction of sp³-hybridized carbons (Fsp3) is 0.857. The number of rotatable bonds is 5. The molecule has 0 N–H and O–H groups in total. The molecule has 0 fully saturated rings. The van der Waals surface area contributed by atoms with Gasteiger partial charge < -0.3 is 14.3 Å². The van der Waals surface area contributed by atoms with Crippen LogP contribution in [0.25, 0.3) is 0 Å². The second-order valence-corrected chi connectivity index (χ2v) is 2.64. The predicted molar refractivity (Wildman–Crippen MR) is 37.9 cm³/mol. The molecule has 0 heterocycles.